The van der Waals surface area contributed by atoms with Crippen LogP contribution in [-0.2, 0) is 0 Å². The lowest BCUT2D eigenvalue weighted by molar-refractivity contribution is 0.471. The van der Waals surface area contributed by atoms with Crippen molar-refractivity contribution in [2.45, 2.75) is 6.92 Å². The molecule has 0 amide bonds. The van der Waals surface area contributed by atoms with Crippen LogP contribution in [0.3, 0.4) is 0 Å². The molecule has 0 aliphatic heterocycles. The summed E-state index contributed by atoms with van der Waals surface area (Å²) in [5, 5.41) is 1.02. The fourth-order valence-corrected chi connectivity index (χ4v) is 2.22. The van der Waals surface area contributed by atoms with Gasteiger partial charge in [-0.25, -0.2) is 15.0 Å². The molecule has 3 aromatic heterocycles. The highest BCUT2D eigenvalue weighted by Gasteiger charge is 2.11. The quantitative estimate of drug-likeness (QED) is 0.609. The van der Waals surface area contributed by atoms with Gasteiger partial charge in [0.2, 0.25) is 5.88 Å². The van der Waals surface area contributed by atoms with Gasteiger partial charge < -0.3 is 9.72 Å². The summed E-state index contributed by atoms with van der Waals surface area (Å²) in [4.78, 5) is 19.9. The monoisotopic (exact) mass is 277 g/mol. The second-order valence-electron chi connectivity index (χ2n) is 4.66. The van der Waals surface area contributed by atoms with E-state index in [0.29, 0.717) is 22.8 Å². The largest absolute Gasteiger partial charge is 0.435 e. The molecule has 6 nitrogen and oxygen atoms in total. The third kappa shape index (κ3) is 1.97. The predicted molar refractivity (Wildman–Crippen MR) is 78.2 cm³/mol. The molecule has 0 aliphatic carbocycles. The van der Waals surface area contributed by atoms with E-state index < -0.39 is 0 Å². The van der Waals surface area contributed by atoms with Crippen LogP contribution in [0.15, 0.2) is 43.0 Å². The van der Waals surface area contributed by atoms with Crippen LogP contribution in [0.25, 0.3) is 22.1 Å². The summed E-state index contributed by atoms with van der Waals surface area (Å²) >= 11 is 0. The number of fused-ring (bicyclic) bond motifs is 2. The normalized spacial score (nSPS) is 11.1. The highest BCUT2D eigenvalue weighted by atomic mass is 16.5. The third-order valence-corrected chi connectivity index (χ3v) is 3.22. The Morgan fingerprint density at radius 3 is 2.95 bits per heavy atom. The van der Waals surface area contributed by atoms with Gasteiger partial charge in [0.05, 0.1) is 6.33 Å². The molecule has 0 radical (unpaired) electrons. The minimum absolute atomic E-state index is 0.438. The lowest BCUT2D eigenvalue weighted by atomic mass is 10.2. The zero-order valence-electron chi connectivity index (χ0n) is 11.2. The van der Waals surface area contributed by atoms with Crippen LogP contribution in [0.2, 0.25) is 0 Å². The van der Waals surface area contributed by atoms with Crippen LogP contribution in [0.4, 0.5) is 0 Å². The standard InChI is InChI=1S/C15H11N5O/c1-9-5-6-10-3-2-4-11(12(10)20-9)21-15-13-14(17-7-16-13)18-8-19-15/h2-8H,1H3,(H,16,17,18,19). The first kappa shape index (κ1) is 11.8. The van der Waals surface area contributed by atoms with E-state index in [2.05, 4.69) is 24.9 Å². The van der Waals surface area contributed by atoms with Crippen molar-refractivity contribution in [1.29, 1.82) is 0 Å². The second kappa shape index (κ2) is 4.52. The number of aromatic nitrogens is 5. The van der Waals surface area contributed by atoms with Crippen molar-refractivity contribution in [2.24, 2.45) is 0 Å². The maximum absolute atomic E-state index is 5.93. The zero-order chi connectivity index (χ0) is 14.2. The summed E-state index contributed by atoms with van der Waals surface area (Å²) in [6, 6.07) is 9.81. The lowest BCUT2D eigenvalue weighted by Crippen LogP contribution is -1.93. The number of rotatable bonds is 2. The minimum atomic E-state index is 0.438. The van der Waals surface area contributed by atoms with Crippen molar-refractivity contribution in [2.75, 3.05) is 0 Å². The van der Waals surface area contributed by atoms with E-state index in [0.717, 1.165) is 16.6 Å². The Balaban J connectivity index is 1.88. The molecule has 0 spiro atoms. The van der Waals surface area contributed by atoms with Crippen LogP contribution in [0.5, 0.6) is 11.6 Å². The molecule has 0 saturated carbocycles. The van der Waals surface area contributed by atoms with E-state index in [1.165, 1.54) is 6.33 Å². The number of nitrogens with zero attached hydrogens (tertiary/aromatic N) is 4. The Hall–Kier alpha value is -3.02. The number of aryl methyl sites for hydroxylation is 1. The van der Waals surface area contributed by atoms with Crippen molar-refractivity contribution in [1.82, 2.24) is 24.9 Å². The van der Waals surface area contributed by atoms with Gasteiger partial charge >= 0.3 is 0 Å². The number of hydrogen-bond acceptors (Lipinski definition) is 5. The SMILES string of the molecule is Cc1ccc2cccc(Oc3ncnc4nc[nH]c34)c2n1. The first-order valence-corrected chi connectivity index (χ1v) is 6.49. The van der Waals surface area contributed by atoms with Gasteiger partial charge in [0.15, 0.2) is 11.4 Å². The number of pyridine rings is 1. The maximum atomic E-state index is 5.93. The molecule has 1 N–H and O–H groups in total. The van der Waals surface area contributed by atoms with E-state index in [4.69, 9.17) is 4.74 Å². The average Bonchev–Trinajstić information content (AvgIpc) is 2.97. The van der Waals surface area contributed by atoms with E-state index >= 15 is 0 Å². The molecule has 6 heteroatoms. The number of hydrogen-bond donors (Lipinski definition) is 1. The van der Waals surface area contributed by atoms with Gasteiger partial charge in [-0.1, -0.05) is 18.2 Å². The van der Waals surface area contributed by atoms with E-state index in [9.17, 15) is 0 Å². The molecule has 0 bridgehead atoms. The molecular weight excluding hydrogens is 266 g/mol. The van der Waals surface area contributed by atoms with Crippen molar-refractivity contribution in [3.05, 3.63) is 48.7 Å². The van der Waals surface area contributed by atoms with Crippen LogP contribution in [0.1, 0.15) is 5.69 Å². The maximum Gasteiger partial charge on any atom is 0.248 e. The van der Waals surface area contributed by atoms with Gasteiger partial charge in [-0.2, -0.15) is 4.98 Å². The van der Waals surface area contributed by atoms with Crippen LogP contribution >= 0.6 is 0 Å². The van der Waals surface area contributed by atoms with Gasteiger partial charge in [0.25, 0.3) is 0 Å². The van der Waals surface area contributed by atoms with Gasteiger partial charge in [-0.05, 0) is 19.1 Å². The van der Waals surface area contributed by atoms with Crippen LogP contribution in [0, 0.1) is 6.92 Å². The van der Waals surface area contributed by atoms with Crippen LogP contribution in [-0.4, -0.2) is 24.9 Å². The van der Waals surface area contributed by atoms with Crippen molar-refractivity contribution >= 4 is 22.1 Å². The van der Waals surface area contributed by atoms with Gasteiger partial charge in [0, 0.05) is 11.1 Å². The highest BCUT2D eigenvalue weighted by Crippen LogP contribution is 2.29. The van der Waals surface area contributed by atoms with E-state index in [-0.39, 0.29) is 0 Å². The molecule has 1 aromatic carbocycles. The fourth-order valence-electron chi connectivity index (χ4n) is 2.22. The molecule has 4 aromatic rings. The summed E-state index contributed by atoms with van der Waals surface area (Å²) in [6.07, 6.45) is 3.00. The Bertz CT molecular complexity index is 947. The average molecular weight is 277 g/mol. The molecule has 3 heterocycles. The smallest absolute Gasteiger partial charge is 0.248 e. The van der Waals surface area contributed by atoms with Crippen molar-refractivity contribution < 1.29 is 4.74 Å². The molecule has 4 rings (SSSR count). The summed E-state index contributed by atoms with van der Waals surface area (Å²) in [5.41, 5.74) is 2.99. The van der Waals surface area contributed by atoms with Crippen molar-refractivity contribution in [3.63, 3.8) is 0 Å². The Kier molecular flexibility index (Phi) is 2.53. The lowest BCUT2D eigenvalue weighted by Gasteiger charge is -2.08. The summed E-state index contributed by atoms with van der Waals surface area (Å²) in [5.74, 6) is 1.10. The molecule has 0 fully saturated rings. The minimum Gasteiger partial charge on any atom is -0.435 e. The van der Waals surface area contributed by atoms with E-state index in [1.807, 2.05) is 37.3 Å². The number of benzene rings is 1. The first-order valence-electron chi connectivity index (χ1n) is 6.49. The number of para-hydroxylation sites is 1. The van der Waals surface area contributed by atoms with E-state index in [1.54, 1.807) is 6.33 Å². The fraction of sp³-hybridized carbons (Fsp3) is 0.0667. The molecule has 0 atom stereocenters. The Labute approximate surface area is 119 Å². The van der Waals surface area contributed by atoms with Gasteiger partial charge in [0.1, 0.15) is 17.4 Å². The zero-order valence-corrected chi connectivity index (χ0v) is 11.2. The summed E-state index contributed by atoms with van der Waals surface area (Å²) in [7, 11) is 0. The molecule has 0 saturated heterocycles. The second-order valence-corrected chi connectivity index (χ2v) is 4.66. The molecule has 0 aliphatic rings. The summed E-state index contributed by atoms with van der Waals surface area (Å²) in [6.45, 7) is 1.95. The first-order chi connectivity index (χ1) is 10.3. The predicted octanol–water partition coefficient (Wildman–Crippen LogP) is 3.00. The Morgan fingerprint density at radius 1 is 1.05 bits per heavy atom. The third-order valence-electron chi connectivity index (χ3n) is 3.22. The van der Waals surface area contributed by atoms with Gasteiger partial charge in [-0.15, -0.1) is 0 Å². The summed E-state index contributed by atoms with van der Waals surface area (Å²) < 4.78 is 5.93. The number of imidazole rings is 1. The molecular formula is C15H11N5O. The number of H-pyrrole nitrogens is 1. The van der Waals surface area contributed by atoms with Crippen molar-refractivity contribution in [3.8, 4) is 11.6 Å². The molecule has 102 valence electrons. The Morgan fingerprint density at radius 2 is 2.00 bits per heavy atom. The molecule has 0 unspecified atom stereocenters. The topological polar surface area (TPSA) is 76.6 Å². The van der Waals surface area contributed by atoms with Gasteiger partial charge in [-0.3, -0.25) is 0 Å². The highest BCUT2D eigenvalue weighted by molar-refractivity contribution is 5.85. The number of aromatic amines is 1. The number of nitrogens with one attached hydrogen (secondary N) is 1. The number of ether oxygens (including phenoxy) is 1. The van der Waals surface area contributed by atoms with Crippen LogP contribution < -0.4 is 4.74 Å². The molecule has 21 heavy (non-hydrogen) atoms.